The first kappa shape index (κ1) is 14.1. The third kappa shape index (κ3) is 2.75. The van der Waals surface area contributed by atoms with E-state index in [0.717, 1.165) is 23.4 Å². The van der Waals surface area contributed by atoms with Crippen LogP contribution in [0.1, 0.15) is 56.4 Å². The van der Waals surface area contributed by atoms with E-state index in [-0.39, 0.29) is 0 Å². The Morgan fingerprint density at radius 2 is 2.00 bits per heavy atom. The highest BCUT2D eigenvalue weighted by Crippen LogP contribution is 2.56. The van der Waals surface area contributed by atoms with E-state index in [9.17, 15) is 0 Å². The average molecular weight is 304 g/mol. The minimum Gasteiger partial charge on any atom is -0.316 e. The number of benzene rings is 1. The summed E-state index contributed by atoms with van der Waals surface area (Å²) in [4.78, 5) is 0. The number of piperidine rings is 1. The minimum absolute atomic E-state index is 0.543. The summed E-state index contributed by atoms with van der Waals surface area (Å²) in [5, 5.41) is 4.53. The van der Waals surface area contributed by atoms with Crippen LogP contribution in [0.5, 0.6) is 0 Å². The van der Waals surface area contributed by atoms with Gasteiger partial charge in [-0.15, -0.1) is 0 Å². The Kier molecular flexibility index (Phi) is 3.75. The van der Waals surface area contributed by atoms with Crippen molar-refractivity contribution in [2.75, 3.05) is 13.1 Å². The highest BCUT2D eigenvalue weighted by atomic mass is 35.5. The van der Waals surface area contributed by atoms with E-state index in [4.69, 9.17) is 11.6 Å². The van der Waals surface area contributed by atoms with Gasteiger partial charge in [-0.2, -0.15) is 0 Å². The standard InChI is InChI=1S/C19H26ClN/c20-17-5-1-3-15(11-17)18-13-21-10-9-19(18)8-2-4-16(12-19)14-6-7-14/h1,3,5,11,14,16,18,21H,2,4,6-10,12-13H2. The van der Waals surface area contributed by atoms with Crippen LogP contribution in [0.2, 0.25) is 5.02 Å². The van der Waals surface area contributed by atoms with Crippen molar-refractivity contribution in [2.24, 2.45) is 17.3 Å². The Balaban J connectivity index is 1.63. The fraction of sp³-hybridized carbons (Fsp3) is 0.684. The SMILES string of the molecule is Clc1cccc(C2CNCCC23CCCC(C2CC2)C3)c1. The van der Waals surface area contributed by atoms with Gasteiger partial charge < -0.3 is 5.32 Å². The monoisotopic (exact) mass is 303 g/mol. The first-order chi connectivity index (χ1) is 10.3. The fourth-order valence-electron chi connectivity index (χ4n) is 5.13. The predicted octanol–water partition coefficient (Wildman–Crippen LogP) is 5.00. The summed E-state index contributed by atoms with van der Waals surface area (Å²) in [6.45, 7) is 2.34. The van der Waals surface area contributed by atoms with E-state index < -0.39 is 0 Å². The molecule has 1 aliphatic heterocycles. The summed E-state index contributed by atoms with van der Waals surface area (Å²) in [5.74, 6) is 2.74. The topological polar surface area (TPSA) is 12.0 Å². The van der Waals surface area contributed by atoms with Crippen molar-refractivity contribution in [3.05, 3.63) is 34.9 Å². The van der Waals surface area contributed by atoms with Crippen molar-refractivity contribution in [3.63, 3.8) is 0 Å². The summed E-state index contributed by atoms with van der Waals surface area (Å²) in [7, 11) is 0. The fourth-order valence-corrected chi connectivity index (χ4v) is 5.32. The van der Waals surface area contributed by atoms with Crippen LogP contribution < -0.4 is 5.32 Å². The molecule has 2 aliphatic carbocycles. The van der Waals surface area contributed by atoms with Crippen LogP contribution in [0.3, 0.4) is 0 Å². The van der Waals surface area contributed by atoms with Crippen LogP contribution in [0.15, 0.2) is 24.3 Å². The molecule has 114 valence electrons. The lowest BCUT2D eigenvalue weighted by Crippen LogP contribution is -2.46. The largest absolute Gasteiger partial charge is 0.316 e. The molecule has 4 rings (SSSR count). The van der Waals surface area contributed by atoms with Crippen molar-refractivity contribution in [1.29, 1.82) is 0 Å². The molecule has 3 atom stereocenters. The zero-order valence-corrected chi connectivity index (χ0v) is 13.5. The lowest BCUT2D eigenvalue weighted by Gasteiger charge is -2.50. The lowest BCUT2D eigenvalue weighted by atomic mass is 9.58. The number of hydrogen-bond acceptors (Lipinski definition) is 1. The molecule has 1 spiro atoms. The maximum Gasteiger partial charge on any atom is 0.0408 e. The molecule has 1 aromatic rings. The Bertz CT molecular complexity index is 506. The molecule has 0 amide bonds. The summed E-state index contributed by atoms with van der Waals surface area (Å²) < 4.78 is 0. The molecular formula is C19H26ClN. The predicted molar refractivity (Wildman–Crippen MR) is 88.8 cm³/mol. The van der Waals surface area contributed by atoms with Crippen molar-refractivity contribution < 1.29 is 0 Å². The maximum atomic E-state index is 6.26. The third-order valence-corrected chi connectivity index (χ3v) is 6.58. The molecule has 0 aromatic heterocycles. The molecule has 1 aromatic carbocycles. The quantitative estimate of drug-likeness (QED) is 0.810. The first-order valence-electron chi connectivity index (χ1n) is 8.73. The molecule has 2 saturated carbocycles. The van der Waals surface area contributed by atoms with Crippen LogP contribution in [-0.4, -0.2) is 13.1 Å². The van der Waals surface area contributed by atoms with Gasteiger partial charge >= 0.3 is 0 Å². The van der Waals surface area contributed by atoms with Crippen LogP contribution in [-0.2, 0) is 0 Å². The van der Waals surface area contributed by atoms with Gasteiger partial charge in [-0.3, -0.25) is 0 Å². The van der Waals surface area contributed by atoms with E-state index in [2.05, 4.69) is 23.5 Å². The second-order valence-corrected chi connectivity index (χ2v) is 8.05. The second kappa shape index (κ2) is 5.59. The van der Waals surface area contributed by atoms with Crippen LogP contribution in [0.25, 0.3) is 0 Å². The molecule has 1 N–H and O–H groups in total. The molecule has 21 heavy (non-hydrogen) atoms. The molecular weight excluding hydrogens is 278 g/mol. The van der Waals surface area contributed by atoms with Gasteiger partial charge in [-0.25, -0.2) is 0 Å². The maximum absolute atomic E-state index is 6.26. The van der Waals surface area contributed by atoms with E-state index in [1.165, 1.54) is 57.1 Å². The van der Waals surface area contributed by atoms with Crippen molar-refractivity contribution in [3.8, 4) is 0 Å². The number of rotatable bonds is 2. The van der Waals surface area contributed by atoms with E-state index in [0.29, 0.717) is 11.3 Å². The highest BCUT2D eigenvalue weighted by molar-refractivity contribution is 6.30. The van der Waals surface area contributed by atoms with E-state index >= 15 is 0 Å². The lowest BCUT2D eigenvalue weighted by molar-refractivity contribution is 0.0629. The molecule has 1 saturated heterocycles. The summed E-state index contributed by atoms with van der Waals surface area (Å²) >= 11 is 6.26. The molecule has 1 nitrogen and oxygen atoms in total. The average Bonchev–Trinajstić information content (AvgIpc) is 3.32. The smallest absolute Gasteiger partial charge is 0.0408 e. The van der Waals surface area contributed by atoms with Gasteiger partial charge in [0.1, 0.15) is 0 Å². The van der Waals surface area contributed by atoms with Gasteiger partial charge in [0.15, 0.2) is 0 Å². The van der Waals surface area contributed by atoms with E-state index in [1.54, 1.807) is 0 Å². The molecule has 2 heteroatoms. The zero-order valence-electron chi connectivity index (χ0n) is 12.8. The van der Waals surface area contributed by atoms with Gasteiger partial charge in [-0.1, -0.05) is 36.6 Å². The number of hydrogen-bond donors (Lipinski definition) is 1. The Hall–Kier alpha value is -0.530. The van der Waals surface area contributed by atoms with E-state index in [1.807, 2.05) is 6.07 Å². The molecule has 1 heterocycles. The van der Waals surface area contributed by atoms with Crippen molar-refractivity contribution in [2.45, 2.75) is 50.9 Å². The van der Waals surface area contributed by atoms with Crippen LogP contribution in [0.4, 0.5) is 0 Å². The molecule has 3 fully saturated rings. The summed E-state index contributed by atoms with van der Waals surface area (Å²) in [5.41, 5.74) is 2.01. The Morgan fingerprint density at radius 3 is 2.81 bits per heavy atom. The summed E-state index contributed by atoms with van der Waals surface area (Å²) in [6, 6.07) is 8.64. The van der Waals surface area contributed by atoms with Crippen LogP contribution >= 0.6 is 11.6 Å². The zero-order chi connectivity index (χ0) is 14.3. The van der Waals surface area contributed by atoms with Gasteiger partial charge in [0.05, 0.1) is 0 Å². The summed E-state index contributed by atoms with van der Waals surface area (Å²) in [6.07, 6.45) is 10.2. The first-order valence-corrected chi connectivity index (χ1v) is 9.11. The molecule has 3 unspecified atom stereocenters. The Labute approximate surface area is 133 Å². The second-order valence-electron chi connectivity index (χ2n) is 7.62. The molecule has 0 bridgehead atoms. The van der Waals surface area contributed by atoms with Crippen molar-refractivity contribution >= 4 is 11.6 Å². The van der Waals surface area contributed by atoms with Gasteiger partial charge in [0.2, 0.25) is 0 Å². The van der Waals surface area contributed by atoms with Gasteiger partial charge in [-0.05, 0) is 73.6 Å². The minimum atomic E-state index is 0.543. The molecule has 3 aliphatic rings. The van der Waals surface area contributed by atoms with Gasteiger partial charge in [0, 0.05) is 17.5 Å². The number of halogens is 1. The number of nitrogens with one attached hydrogen (secondary N) is 1. The third-order valence-electron chi connectivity index (χ3n) is 6.35. The van der Waals surface area contributed by atoms with Crippen molar-refractivity contribution in [1.82, 2.24) is 5.32 Å². The Morgan fingerprint density at radius 1 is 1.10 bits per heavy atom. The normalized spacial score (nSPS) is 36.8. The van der Waals surface area contributed by atoms with Gasteiger partial charge in [0.25, 0.3) is 0 Å². The molecule has 0 radical (unpaired) electrons. The van der Waals surface area contributed by atoms with Crippen LogP contribution in [0, 0.1) is 17.3 Å². The highest BCUT2D eigenvalue weighted by Gasteiger charge is 2.47.